The smallest absolute Gasteiger partial charge is 0.156 e. The zero-order valence-electron chi connectivity index (χ0n) is 20.5. The molecule has 0 N–H and O–H groups in total. The third-order valence-corrected chi connectivity index (χ3v) is 10.2. The fraction of sp³-hybridized carbons (Fsp3) is 1.00. The highest BCUT2D eigenvalue weighted by atomic mass is 32.2. The second kappa shape index (κ2) is 15.7. The van der Waals surface area contributed by atoms with Gasteiger partial charge in [-0.2, -0.15) is 0 Å². The molecular weight excluding hydrogens is 408 g/mol. The monoisotopic (exact) mass is 458 g/mol. The van der Waals surface area contributed by atoms with E-state index in [0.29, 0.717) is 0 Å². The van der Waals surface area contributed by atoms with E-state index in [1.165, 1.54) is 51.4 Å². The SMILES string of the molecule is CCCCCCCOC1CCC(S(=O)(=O)C2CCC(OCCCCCCC)CC2)CC1. The third-order valence-electron chi connectivity index (χ3n) is 7.37. The summed E-state index contributed by atoms with van der Waals surface area (Å²) in [5.41, 5.74) is 0. The van der Waals surface area contributed by atoms with Crippen molar-refractivity contribution in [2.75, 3.05) is 13.2 Å². The quantitative estimate of drug-likeness (QED) is 0.234. The van der Waals surface area contributed by atoms with Crippen molar-refractivity contribution in [2.45, 2.75) is 152 Å². The molecule has 184 valence electrons. The van der Waals surface area contributed by atoms with Gasteiger partial charge in [-0.15, -0.1) is 0 Å². The van der Waals surface area contributed by atoms with Crippen molar-refractivity contribution in [3.8, 4) is 0 Å². The van der Waals surface area contributed by atoms with Crippen molar-refractivity contribution in [2.24, 2.45) is 0 Å². The van der Waals surface area contributed by atoms with Crippen LogP contribution in [0.4, 0.5) is 0 Å². The molecular formula is C26H50O4S. The maximum atomic E-state index is 13.2. The predicted octanol–water partition coefficient (Wildman–Crippen LogP) is 7.00. The lowest BCUT2D eigenvalue weighted by Crippen LogP contribution is -2.39. The molecule has 0 aromatic carbocycles. The predicted molar refractivity (Wildman–Crippen MR) is 130 cm³/mol. The first-order valence-electron chi connectivity index (χ1n) is 13.5. The highest BCUT2D eigenvalue weighted by Crippen LogP contribution is 2.34. The summed E-state index contributed by atoms with van der Waals surface area (Å²) in [5.74, 6) is 0. The Morgan fingerprint density at radius 3 is 1.26 bits per heavy atom. The van der Waals surface area contributed by atoms with E-state index in [4.69, 9.17) is 9.47 Å². The Morgan fingerprint density at radius 2 is 0.903 bits per heavy atom. The summed E-state index contributed by atoms with van der Waals surface area (Å²) in [5, 5.41) is -0.282. The van der Waals surface area contributed by atoms with E-state index in [-0.39, 0.29) is 22.7 Å². The molecule has 0 atom stereocenters. The minimum Gasteiger partial charge on any atom is -0.378 e. The van der Waals surface area contributed by atoms with Crippen LogP contribution in [0.15, 0.2) is 0 Å². The largest absolute Gasteiger partial charge is 0.378 e. The Bertz CT molecular complexity index is 490. The highest BCUT2D eigenvalue weighted by Gasteiger charge is 2.38. The Balaban J connectivity index is 1.59. The maximum Gasteiger partial charge on any atom is 0.156 e. The van der Waals surface area contributed by atoms with Crippen LogP contribution in [0, 0.1) is 0 Å². The van der Waals surface area contributed by atoms with Crippen LogP contribution in [0.25, 0.3) is 0 Å². The molecule has 2 rings (SSSR count). The van der Waals surface area contributed by atoms with Gasteiger partial charge in [-0.25, -0.2) is 8.42 Å². The molecule has 0 radical (unpaired) electrons. The lowest BCUT2D eigenvalue weighted by Gasteiger charge is -2.34. The molecule has 5 heteroatoms. The molecule has 0 spiro atoms. The molecule has 2 aliphatic carbocycles. The molecule has 0 aliphatic heterocycles. The molecule has 0 unspecified atom stereocenters. The zero-order chi connectivity index (χ0) is 22.4. The van der Waals surface area contributed by atoms with E-state index in [2.05, 4.69) is 13.8 Å². The first kappa shape index (κ1) is 27.1. The van der Waals surface area contributed by atoms with Crippen LogP contribution in [-0.2, 0) is 19.3 Å². The van der Waals surface area contributed by atoms with Gasteiger partial charge in [0.25, 0.3) is 0 Å². The average molecular weight is 459 g/mol. The van der Waals surface area contributed by atoms with Gasteiger partial charge in [0.15, 0.2) is 9.84 Å². The fourth-order valence-corrected chi connectivity index (χ4v) is 7.64. The van der Waals surface area contributed by atoms with Gasteiger partial charge in [-0.1, -0.05) is 65.2 Å². The average Bonchev–Trinajstić information content (AvgIpc) is 2.79. The van der Waals surface area contributed by atoms with Crippen LogP contribution in [0.1, 0.15) is 129 Å². The van der Waals surface area contributed by atoms with E-state index in [1.807, 2.05) is 0 Å². The molecule has 0 bridgehead atoms. The Hall–Kier alpha value is -0.130. The fourth-order valence-electron chi connectivity index (χ4n) is 5.24. The van der Waals surface area contributed by atoms with Gasteiger partial charge in [0.05, 0.1) is 22.7 Å². The summed E-state index contributed by atoms with van der Waals surface area (Å²) in [4.78, 5) is 0. The van der Waals surface area contributed by atoms with Crippen molar-refractivity contribution < 1.29 is 17.9 Å². The van der Waals surface area contributed by atoms with E-state index in [0.717, 1.165) is 77.4 Å². The van der Waals surface area contributed by atoms with Gasteiger partial charge in [0.2, 0.25) is 0 Å². The molecule has 0 saturated heterocycles. The van der Waals surface area contributed by atoms with Gasteiger partial charge in [0, 0.05) is 13.2 Å². The van der Waals surface area contributed by atoms with Crippen LogP contribution in [-0.4, -0.2) is 44.3 Å². The van der Waals surface area contributed by atoms with Gasteiger partial charge in [0.1, 0.15) is 0 Å². The third kappa shape index (κ3) is 10.1. The van der Waals surface area contributed by atoms with Gasteiger partial charge >= 0.3 is 0 Å². The summed E-state index contributed by atoms with van der Waals surface area (Å²) in [6, 6.07) is 0. The molecule has 2 saturated carbocycles. The van der Waals surface area contributed by atoms with Gasteiger partial charge < -0.3 is 9.47 Å². The lowest BCUT2D eigenvalue weighted by molar-refractivity contribution is 0.0250. The standard InChI is InChI=1S/C26H50O4S/c1-3-5-7-9-11-21-29-23-13-17-25(18-14-23)31(27,28)26-19-15-24(16-20-26)30-22-12-10-8-6-4-2/h23-26H,3-22H2,1-2H3. The summed E-state index contributed by atoms with van der Waals surface area (Å²) < 4.78 is 38.5. The van der Waals surface area contributed by atoms with E-state index in [9.17, 15) is 8.42 Å². The molecule has 2 fully saturated rings. The normalized spacial score (nSPS) is 27.4. The topological polar surface area (TPSA) is 52.6 Å². The number of rotatable bonds is 16. The summed E-state index contributed by atoms with van der Waals surface area (Å²) in [6.45, 7) is 6.15. The van der Waals surface area contributed by atoms with Crippen LogP contribution in [0.2, 0.25) is 0 Å². The number of unbranched alkanes of at least 4 members (excludes halogenated alkanes) is 8. The van der Waals surface area contributed by atoms with E-state index < -0.39 is 9.84 Å². The van der Waals surface area contributed by atoms with Crippen LogP contribution in [0.3, 0.4) is 0 Å². The molecule has 31 heavy (non-hydrogen) atoms. The van der Waals surface area contributed by atoms with Crippen molar-refractivity contribution in [3.05, 3.63) is 0 Å². The van der Waals surface area contributed by atoms with Crippen molar-refractivity contribution >= 4 is 9.84 Å². The molecule has 0 aromatic rings. The summed E-state index contributed by atoms with van der Waals surface area (Å²) in [7, 11) is -3.01. The second-order valence-electron chi connectivity index (χ2n) is 9.96. The van der Waals surface area contributed by atoms with Gasteiger partial charge in [-0.05, 0) is 64.2 Å². The van der Waals surface area contributed by atoms with E-state index in [1.54, 1.807) is 0 Å². The van der Waals surface area contributed by atoms with Crippen LogP contribution < -0.4 is 0 Å². The Labute approximate surface area is 193 Å². The first-order valence-corrected chi connectivity index (χ1v) is 15.1. The molecule has 0 heterocycles. The highest BCUT2D eigenvalue weighted by molar-refractivity contribution is 7.92. The maximum absolute atomic E-state index is 13.2. The van der Waals surface area contributed by atoms with Crippen molar-refractivity contribution in [1.82, 2.24) is 0 Å². The number of hydrogen-bond acceptors (Lipinski definition) is 4. The zero-order valence-corrected chi connectivity index (χ0v) is 21.3. The Morgan fingerprint density at radius 1 is 0.548 bits per heavy atom. The summed E-state index contributed by atoms with van der Waals surface area (Å²) >= 11 is 0. The molecule has 4 nitrogen and oxygen atoms in total. The number of sulfone groups is 1. The van der Waals surface area contributed by atoms with Crippen molar-refractivity contribution in [1.29, 1.82) is 0 Å². The molecule has 2 aliphatic rings. The second-order valence-corrected chi connectivity index (χ2v) is 12.5. The minimum absolute atomic E-state index is 0.141. The van der Waals surface area contributed by atoms with Gasteiger partial charge in [-0.3, -0.25) is 0 Å². The van der Waals surface area contributed by atoms with Crippen molar-refractivity contribution in [3.63, 3.8) is 0 Å². The Kier molecular flexibility index (Phi) is 13.7. The summed E-state index contributed by atoms with van der Waals surface area (Å²) in [6.07, 6.45) is 19.9. The van der Waals surface area contributed by atoms with E-state index >= 15 is 0 Å². The number of ether oxygens (including phenoxy) is 2. The lowest BCUT2D eigenvalue weighted by atomic mass is 9.96. The first-order chi connectivity index (χ1) is 15.1. The molecule has 0 aromatic heterocycles. The minimum atomic E-state index is -3.01. The van der Waals surface area contributed by atoms with Crippen LogP contribution >= 0.6 is 0 Å². The number of hydrogen-bond donors (Lipinski definition) is 0. The van der Waals surface area contributed by atoms with Crippen LogP contribution in [0.5, 0.6) is 0 Å². The molecule has 0 amide bonds.